The molecular formula is C19H21F5N2O4S3. The minimum absolute atomic E-state index is 0.0525. The van der Waals surface area contributed by atoms with Crippen LogP contribution in [0.25, 0.3) is 0 Å². The van der Waals surface area contributed by atoms with Crippen LogP contribution >= 0.6 is 21.6 Å². The second-order valence-corrected chi connectivity index (χ2v) is 13.5. The standard InChI is InChI=1S/C19H21F5N2O4S3/c1-19(2,28)16-11-31-17(25-16)10-26(14-7-8-32(29,30)12-14)18(27)9-13-3-5-15(6-4-13)33(20,21,22,23)24/h3-8,11,14,28H,9-10,12H2,1-2H3/t14-/m0/s1. The van der Waals surface area contributed by atoms with Crippen LogP contribution < -0.4 is 0 Å². The van der Waals surface area contributed by atoms with Crippen molar-refractivity contribution in [2.75, 3.05) is 5.75 Å². The first-order valence-corrected chi connectivity index (χ1v) is 14.0. The van der Waals surface area contributed by atoms with Crippen molar-refractivity contribution in [3.05, 3.63) is 57.4 Å². The summed E-state index contributed by atoms with van der Waals surface area (Å²) in [5, 5.41) is 13.1. The number of carbonyl (C=O) groups excluding carboxylic acids is 1. The molecule has 184 valence electrons. The molecule has 6 nitrogen and oxygen atoms in total. The summed E-state index contributed by atoms with van der Waals surface area (Å²) in [6.07, 6.45) is 0.893. The molecule has 1 N–H and O–H groups in total. The number of aliphatic hydroxyl groups is 1. The van der Waals surface area contributed by atoms with E-state index in [2.05, 4.69) is 4.98 Å². The van der Waals surface area contributed by atoms with Gasteiger partial charge in [-0.05, 0) is 37.6 Å². The highest BCUT2D eigenvalue weighted by atomic mass is 32.5. The van der Waals surface area contributed by atoms with E-state index in [-0.39, 0.29) is 30.0 Å². The molecule has 1 atom stereocenters. The molecule has 0 bridgehead atoms. The highest BCUT2D eigenvalue weighted by Gasteiger charge is 2.65. The van der Waals surface area contributed by atoms with E-state index in [1.807, 2.05) is 0 Å². The molecule has 3 rings (SSSR count). The molecule has 1 aliphatic rings. The van der Waals surface area contributed by atoms with Crippen molar-refractivity contribution >= 4 is 37.3 Å². The Bertz CT molecular complexity index is 1200. The van der Waals surface area contributed by atoms with Crippen LogP contribution in [0, 0.1) is 0 Å². The predicted octanol–water partition coefficient (Wildman–Crippen LogP) is 4.91. The number of hydrogen-bond acceptors (Lipinski definition) is 6. The molecule has 1 aromatic carbocycles. The smallest absolute Gasteiger partial charge is 0.310 e. The van der Waals surface area contributed by atoms with Gasteiger partial charge in [0.1, 0.15) is 15.5 Å². The molecule has 1 aliphatic heterocycles. The first-order chi connectivity index (χ1) is 14.7. The van der Waals surface area contributed by atoms with Crippen LogP contribution in [0.3, 0.4) is 0 Å². The van der Waals surface area contributed by atoms with Gasteiger partial charge >= 0.3 is 10.2 Å². The minimum Gasteiger partial charge on any atom is -0.384 e. The number of amides is 1. The fourth-order valence-electron chi connectivity index (χ4n) is 3.09. The van der Waals surface area contributed by atoms with E-state index in [9.17, 15) is 37.7 Å². The van der Waals surface area contributed by atoms with Crippen LogP contribution in [0.1, 0.15) is 30.1 Å². The summed E-state index contributed by atoms with van der Waals surface area (Å²) >= 11 is 1.15. The number of carbonyl (C=O) groups is 1. The Balaban J connectivity index is 1.84. The molecule has 0 radical (unpaired) electrons. The van der Waals surface area contributed by atoms with E-state index >= 15 is 0 Å². The van der Waals surface area contributed by atoms with E-state index in [1.165, 1.54) is 24.8 Å². The van der Waals surface area contributed by atoms with Gasteiger partial charge in [0.05, 0.1) is 30.5 Å². The number of sulfone groups is 1. The number of rotatable bonds is 7. The summed E-state index contributed by atoms with van der Waals surface area (Å²) in [6, 6.07) is 1.21. The van der Waals surface area contributed by atoms with Crippen molar-refractivity contribution in [2.45, 2.75) is 43.4 Å². The molecule has 0 unspecified atom stereocenters. The first kappa shape index (κ1) is 25.6. The molecule has 0 aliphatic carbocycles. The van der Waals surface area contributed by atoms with Crippen molar-refractivity contribution in [1.29, 1.82) is 0 Å². The Kier molecular flexibility index (Phi) is 5.80. The zero-order chi connectivity index (χ0) is 24.9. The molecule has 0 spiro atoms. The van der Waals surface area contributed by atoms with Gasteiger partial charge in [-0.25, -0.2) is 13.4 Å². The fourth-order valence-corrected chi connectivity index (χ4v) is 6.00. The van der Waals surface area contributed by atoms with Gasteiger partial charge < -0.3 is 10.0 Å². The third-order valence-corrected chi connectivity index (χ3v) is 8.21. The van der Waals surface area contributed by atoms with Crippen LogP contribution in [0.15, 0.2) is 46.0 Å². The lowest BCUT2D eigenvalue weighted by atomic mass is 10.1. The Morgan fingerprint density at radius 1 is 1.21 bits per heavy atom. The Morgan fingerprint density at radius 2 is 1.82 bits per heavy atom. The van der Waals surface area contributed by atoms with E-state index in [0.29, 0.717) is 10.7 Å². The average molecular weight is 533 g/mol. The van der Waals surface area contributed by atoms with Gasteiger partial charge in [0.2, 0.25) is 5.91 Å². The van der Waals surface area contributed by atoms with Gasteiger partial charge in [0.25, 0.3) is 0 Å². The Hall–Kier alpha value is -2.03. The van der Waals surface area contributed by atoms with Gasteiger partial charge in [-0.15, -0.1) is 11.3 Å². The maximum atomic E-state index is 13.0. The van der Waals surface area contributed by atoms with Gasteiger partial charge in [0.15, 0.2) is 9.84 Å². The number of thiazole rings is 1. The molecular weight excluding hydrogens is 511 g/mol. The summed E-state index contributed by atoms with van der Waals surface area (Å²) in [7, 11) is -13.4. The van der Waals surface area contributed by atoms with Gasteiger partial charge in [-0.1, -0.05) is 31.6 Å². The summed E-state index contributed by atoms with van der Waals surface area (Å²) in [4.78, 5) is 16.4. The number of halogens is 5. The second kappa shape index (κ2) is 7.48. The zero-order valence-corrected chi connectivity index (χ0v) is 19.9. The SMILES string of the molecule is CC(C)(O)c1csc(CN(C(=O)Cc2ccc(S(F)(F)(F)(F)F)cc2)[C@H]2C=CS(=O)(=O)C2)n1. The van der Waals surface area contributed by atoms with Crippen LogP contribution in [0.5, 0.6) is 0 Å². The van der Waals surface area contributed by atoms with Crippen LogP contribution in [0.2, 0.25) is 0 Å². The minimum atomic E-state index is -9.83. The monoisotopic (exact) mass is 532 g/mol. The van der Waals surface area contributed by atoms with E-state index in [4.69, 9.17) is 0 Å². The van der Waals surface area contributed by atoms with Crippen LogP contribution in [0.4, 0.5) is 19.4 Å². The fraction of sp³-hybridized carbons (Fsp3) is 0.368. The summed E-state index contributed by atoms with van der Waals surface area (Å²) in [5.74, 6) is -0.993. The summed E-state index contributed by atoms with van der Waals surface area (Å²) in [5.41, 5.74) is -0.821. The highest BCUT2D eigenvalue weighted by Crippen LogP contribution is 3.02. The Labute approximate surface area is 191 Å². The number of benzene rings is 1. The molecule has 33 heavy (non-hydrogen) atoms. The molecule has 0 fully saturated rings. The summed E-state index contributed by atoms with van der Waals surface area (Å²) < 4.78 is 88.3. The normalized spacial score (nSPS) is 20.3. The molecule has 0 saturated heterocycles. The van der Waals surface area contributed by atoms with Gasteiger partial charge in [-0.2, -0.15) is 0 Å². The lowest BCUT2D eigenvalue weighted by molar-refractivity contribution is -0.132. The largest absolute Gasteiger partial charge is 0.384 e. The average Bonchev–Trinajstić information content (AvgIpc) is 3.24. The van der Waals surface area contributed by atoms with Crippen molar-refractivity contribution in [1.82, 2.24) is 9.88 Å². The van der Waals surface area contributed by atoms with Crippen LogP contribution in [-0.2, 0) is 33.2 Å². The van der Waals surface area contributed by atoms with Crippen molar-refractivity contribution in [3.8, 4) is 0 Å². The number of hydrogen-bond donors (Lipinski definition) is 1. The number of nitrogens with zero attached hydrogens (tertiary/aromatic N) is 2. The molecule has 1 amide bonds. The van der Waals surface area contributed by atoms with Crippen molar-refractivity contribution < 1.29 is 37.7 Å². The zero-order valence-electron chi connectivity index (χ0n) is 17.4. The third-order valence-electron chi connectivity index (χ3n) is 4.84. The van der Waals surface area contributed by atoms with E-state index in [0.717, 1.165) is 28.9 Å². The molecule has 0 saturated carbocycles. The predicted molar refractivity (Wildman–Crippen MR) is 116 cm³/mol. The lowest BCUT2D eigenvalue weighted by Crippen LogP contribution is -2.41. The van der Waals surface area contributed by atoms with Crippen molar-refractivity contribution in [3.63, 3.8) is 0 Å². The van der Waals surface area contributed by atoms with E-state index in [1.54, 1.807) is 5.38 Å². The first-order valence-electron chi connectivity index (χ1n) is 9.44. The number of aromatic nitrogens is 1. The molecule has 1 aromatic heterocycles. The topological polar surface area (TPSA) is 87.6 Å². The molecule has 14 heteroatoms. The maximum absolute atomic E-state index is 13.0. The second-order valence-electron chi connectivity index (χ2n) is 8.22. The molecule has 2 heterocycles. The third kappa shape index (κ3) is 6.52. The lowest BCUT2D eigenvalue weighted by Gasteiger charge is -2.40. The maximum Gasteiger partial charge on any atom is 0.310 e. The summed E-state index contributed by atoms with van der Waals surface area (Å²) in [6.45, 7) is 2.95. The van der Waals surface area contributed by atoms with Gasteiger partial charge in [0, 0.05) is 10.8 Å². The van der Waals surface area contributed by atoms with Crippen molar-refractivity contribution in [2.24, 2.45) is 0 Å². The van der Waals surface area contributed by atoms with Crippen LogP contribution in [-0.4, -0.2) is 41.1 Å². The Morgan fingerprint density at radius 3 is 2.27 bits per heavy atom. The van der Waals surface area contributed by atoms with Gasteiger partial charge in [-0.3, -0.25) is 4.79 Å². The highest BCUT2D eigenvalue weighted by molar-refractivity contribution is 8.45. The van der Waals surface area contributed by atoms with E-state index < -0.39 is 48.9 Å². The molecule has 2 aromatic rings. The quantitative estimate of drug-likeness (QED) is 0.512.